The summed E-state index contributed by atoms with van der Waals surface area (Å²) < 4.78 is 0. The third-order valence-electron chi connectivity index (χ3n) is 0. The van der Waals surface area contributed by atoms with E-state index in [0.717, 1.165) is 0 Å². The summed E-state index contributed by atoms with van der Waals surface area (Å²) in [5.74, 6) is 0. The minimum absolute atomic E-state index is 0. The second kappa shape index (κ2) is 10.6. The first kappa shape index (κ1) is 15.9. The largest absolute Gasteiger partial charge is 0.328 e. The van der Waals surface area contributed by atoms with Crippen molar-refractivity contribution in [1.29, 1.82) is 0 Å². The van der Waals surface area contributed by atoms with Crippen LogP contribution in [0.15, 0.2) is 0 Å². The summed E-state index contributed by atoms with van der Waals surface area (Å²) in [5.41, 5.74) is 0. The van der Waals surface area contributed by atoms with Gasteiger partial charge in [-0.25, -0.2) is 0 Å². The Morgan fingerprint density at radius 3 is 1.00 bits per heavy atom. The molecule has 0 aliphatic rings. The van der Waals surface area contributed by atoms with Crippen molar-refractivity contribution in [1.82, 2.24) is 0 Å². The number of rotatable bonds is 0. The van der Waals surface area contributed by atoms with Crippen LogP contribution in [-0.4, -0.2) is 58.3 Å². The van der Waals surface area contributed by atoms with Crippen molar-refractivity contribution in [3.63, 3.8) is 0 Å². The maximum Gasteiger partial charge on any atom is 0.291 e. The predicted octanol–water partition coefficient (Wildman–Crippen LogP) is -1.08. The van der Waals surface area contributed by atoms with Gasteiger partial charge in [-0.1, -0.05) is 0 Å². The molecule has 2 N–H and O–H groups in total. The van der Waals surface area contributed by atoms with Crippen LogP contribution in [0.3, 0.4) is 0 Å². The van der Waals surface area contributed by atoms with Crippen LogP contribution in [0.5, 0.6) is 0 Å². The Kier molecular flexibility index (Phi) is 18.7. The van der Waals surface area contributed by atoms with E-state index in [2.05, 4.69) is 0 Å². The minimum atomic E-state index is -1.50. The predicted molar refractivity (Wildman–Crippen MR) is 23.3 cm³/mol. The van der Waals surface area contributed by atoms with Gasteiger partial charge in [-0.3, -0.25) is 0 Å². The van der Waals surface area contributed by atoms with Gasteiger partial charge in [0.05, 0.1) is 0 Å². The fourth-order valence-corrected chi connectivity index (χ4v) is 0. The Morgan fingerprint density at radius 1 is 1.00 bits per heavy atom. The smallest absolute Gasteiger partial charge is 0.291 e. The SMILES string of the molecule is O=[N+]([O-])O.O=[N+]([O-])O.[Ca]. The zero-order valence-electron chi connectivity index (χ0n) is 4.13. The average Bonchev–Trinajstić information content (AvgIpc) is 1.25. The molecule has 0 heterocycles. The Hall–Kier alpha value is -0.340. The van der Waals surface area contributed by atoms with E-state index in [9.17, 15) is 0 Å². The molecular formula is H2CaN2O6. The van der Waals surface area contributed by atoms with Crippen molar-refractivity contribution < 1.29 is 20.6 Å². The van der Waals surface area contributed by atoms with Crippen LogP contribution in [0, 0.1) is 20.2 Å². The van der Waals surface area contributed by atoms with E-state index >= 15 is 0 Å². The molecule has 0 fully saturated rings. The normalized spacial score (nSPS) is 5.33. The van der Waals surface area contributed by atoms with Gasteiger partial charge in [-0.05, 0) is 0 Å². The molecule has 2 radical (unpaired) electrons. The van der Waals surface area contributed by atoms with Crippen molar-refractivity contribution in [2.24, 2.45) is 0 Å². The minimum Gasteiger partial charge on any atom is -0.328 e. The molecule has 0 aliphatic carbocycles. The van der Waals surface area contributed by atoms with Crippen LogP contribution in [0.1, 0.15) is 0 Å². The first-order valence-electron chi connectivity index (χ1n) is 1.13. The zero-order chi connectivity index (χ0) is 7.15. The number of hydrogen-bond acceptors (Lipinski definition) is 4. The van der Waals surface area contributed by atoms with Crippen molar-refractivity contribution in [3.8, 4) is 0 Å². The van der Waals surface area contributed by atoms with E-state index in [1.54, 1.807) is 0 Å². The molecule has 0 aliphatic heterocycles. The van der Waals surface area contributed by atoms with Crippen LogP contribution in [0.25, 0.3) is 0 Å². The Labute approximate surface area is 78.3 Å². The Morgan fingerprint density at radius 2 is 1.00 bits per heavy atom. The van der Waals surface area contributed by atoms with E-state index in [-0.39, 0.29) is 37.7 Å². The molecule has 0 bridgehead atoms. The van der Waals surface area contributed by atoms with Crippen molar-refractivity contribution >= 4 is 37.7 Å². The topological polar surface area (TPSA) is 127 Å². The second-order valence-electron chi connectivity index (χ2n) is 0.476. The van der Waals surface area contributed by atoms with Crippen LogP contribution >= 0.6 is 0 Å². The van der Waals surface area contributed by atoms with Crippen molar-refractivity contribution in [3.05, 3.63) is 20.2 Å². The van der Waals surface area contributed by atoms with E-state index in [0.29, 0.717) is 0 Å². The van der Waals surface area contributed by atoms with Gasteiger partial charge < -0.3 is 10.4 Å². The molecule has 0 atom stereocenters. The summed E-state index contributed by atoms with van der Waals surface area (Å²) in [4.78, 5) is 16.7. The third kappa shape index (κ3) is 2120. The molecule has 0 aromatic heterocycles. The van der Waals surface area contributed by atoms with Crippen LogP contribution in [-0.2, 0) is 0 Å². The molecule has 0 aromatic rings. The van der Waals surface area contributed by atoms with Gasteiger partial charge in [0, 0.05) is 37.7 Å². The van der Waals surface area contributed by atoms with Gasteiger partial charge in [0.15, 0.2) is 0 Å². The van der Waals surface area contributed by atoms with Gasteiger partial charge >= 0.3 is 0 Å². The molecule has 0 aromatic carbocycles. The monoisotopic (exact) mass is 166 g/mol. The molecule has 50 valence electrons. The fraction of sp³-hybridized carbons (Fsp3) is 0. The van der Waals surface area contributed by atoms with E-state index in [1.165, 1.54) is 0 Å². The van der Waals surface area contributed by atoms with Gasteiger partial charge in [0.25, 0.3) is 10.2 Å². The van der Waals surface area contributed by atoms with Gasteiger partial charge in [-0.15, -0.1) is 20.2 Å². The summed E-state index contributed by atoms with van der Waals surface area (Å²) >= 11 is 0. The molecular weight excluding hydrogens is 164 g/mol. The Bertz CT molecular complexity index is 69.1. The fourth-order valence-electron chi connectivity index (χ4n) is 0. The van der Waals surface area contributed by atoms with Gasteiger partial charge in [-0.2, -0.15) is 0 Å². The van der Waals surface area contributed by atoms with Gasteiger partial charge in [0.2, 0.25) is 0 Å². The van der Waals surface area contributed by atoms with Crippen molar-refractivity contribution in [2.75, 3.05) is 0 Å². The summed E-state index contributed by atoms with van der Waals surface area (Å²) in [6.45, 7) is 0. The summed E-state index contributed by atoms with van der Waals surface area (Å²) in [7, 11) is 0. The number of nitrogens with zero attached hydrogens (tertiary/aromatic N) is 2. The van der Waals surface area contributed by atoms with Crippen LogP contribution in [0.4, 0.5) is 0 Å². The van der Waals surface area contributed by atoms with E-state index in [1.807, 2.05) is 0 Å². The quantitative estimate of drug-likeness (QED) is 0.268. The van der Waals surface area contributed by atoms with Crippen LogP contribution < -0.4 is 0 Å². The van der Waals surface area contributed by atoms with E-state index in [4.69, 9.17) is 30.6 Å². The molecule has 9 heteroatoms. The molecule has 0 rings (SSSR count). The average molecular weight is 166 g/mol. The molecule has 8 nitrogen and oxygen atoms in total. The molecule has 0 saturated heterocycles. The summed E-state index contributed by atoms with van der Waals surface area (Å²) in [6, 6.07) is 0. The summed E-state index contributed by atoms with van der Waals surface area (Å²) in [5, 5.41) is 27.3. The van der Waals surface area contributed by atoms with Gasteiger partial charge in [0.1, 0.15) is 0 Å². The van der Waals surface area contributed by atoms with Crippen molar-refractivity contribution in [2.45, 2.75) is 0 Å². The molecule has 0 spiro atoms. The maximum atomic E-state index is 8.36. The zero-order valence-corrected chi connectivity index (χ0v) is 6.34. The molecule has 9 heavy (non-hydrogen) atoms. The molecule has 0 amide bonds. The second-order valence-corrected chi connectivity index (χ2v) is 0.476. The molecule has 0 unspecified atom stereocenters. The standard InChI is InChI=1S/Ca.2HNO3/c;2*2-1(3)4/h;2*(H,2,3,4). The van der Waals surface area contributed by atoms with E-state index < -0.39 is 10.2 Å². The first-order chi connectivity index (χ1) is 3.46. The summed E-state index contributed by atoms with van der Waals surface area (Å²) in [6.07, 6.45) is 0. The number of hydrogen-bond donors (Lipinski definition) is 2. The maximum absolute atomic E-state index is 8.36. The first-order valence-corrected chi connectivity index (χ1v) is 1.13. The molecule has 0 saturated carbocycles. The Balaban J connectivity index is -0.0000000720. The third-order valence-corrected chi connectivity index (χ3v) is 0. The van der Waals surface area contributed by atoms with Crippen LogP contribution in [0.2, 0.25) is 0 Å².